The zero-order valence-corrected chi connectivity index (χ0v) is 20.5. The van der Waals surface area contributed by atoms with Gasteiger partial charge in [0.15, 0.2) is 10.1 Å². The summed E-state index contributed by atoms with van der Waals surface area (Å²) in [6, 6.07) is 13.4. The number of nitrogen functional groups attached to an aromatic ring is 1. The predicted octanol–water partition coefficient (Wildman–Crippen LogP) is 4.86. The molecule has 0 spiro atoms. The maximum Gasteiger partial charge on any atom is 0.284 e. The lowest BCUT2D eigenvalue weighted by molar-refractivity contribution is 0.102. The van der Waals surface area contributed by atoms with Crippen molar-refractivity contribution < 1.29 is 9.53 Å². The van der Waals surface area contributed by atoms with E-state index in [4.69, 9.17) is 22.7 Å². The van der Waals surface area contributed by atoms with Crippen molar-refractivity contribution in [2.45, 2.75) is 32.7 Å². The molecule has 1 aromatic heterocycles. The maximum absolute atomic E-state index is 12.9. The number of aromatic nitrogens is 1. The zero-order chi connectivity index (χ0) is 23.5. The van der Waals surface area contributed by atoms with E-state index in [1.165, 1.54) is 11.3 Å². The van der Waals surface area contributed by atoms with E-state index in [1.54, 1.807) is 7.11 Å². The molecule has 4 N–H and O–H groups in total. The molecule has 0 fully saturated rings. The number of benzene rings is 2. The Balaban J connectivity index is 1.42. The molecule has 2 heterocycles. The van der Waals surface area contributed by atoms with E-state index in [9.17, 15) is 4.79 Å². The van der Waals surface area contributed by atoms with Gasteiger partial charge in [-0.05, 0) is 60.1 Å². The van der Waals surface area contributed by atoms with Crippen LogP contribution in [0.15, 0.2) is 42.5 Å². The highest BCUT2D eigenvalue weighted by molar-refractivity contribution is 7.80. The molecule has 3 aromatic rings. The van der Waals surface area contributed by atoms with Crippen molar-refractivity contribution in [2.24, 2.45) is 0 Å². The molecular weight excluding hydrogens is 454 g/mol. The zero-order valence-electron chi connectivity index (χ0n) is 18.8. The number of rotatable bonds is 5. The van der Waals surface area contributed by atoms with Gasteiger partial charge >= 0.3 is 0 Å². The number of hydrogen-bond donors (Lipinski definition) is 3. The number of thiocarbonyl (C=S) groups is 1. The van der Waals surface area contributed by atoms with E-state index in [1.807, 2.05) is 42.5 Å². The van der Waals surface area contributed by atoms with Crippen molar-refractivity contribution in [3.05, 3.63) is 63.6 Å². The summed E-state index contributed by atoms with van der Waals surface area (Å²) in [5.74, 6) is 0.893. The molecule has 1 aliphatic rings. The van der Waals surface area contributed by atoms with Crippen LogP contribution < -0.4 is 21.1 Å². The van der Waals surface area contributed by atoms with Gasteiger partial charge in [-0.1, -0.05) is 19.9 Å². The van der Waals surface area contributed by atoms with Crippen molar-refractivity contribution in [3.8, 4) is 5.75 Å². The van der Waals surface area contributed by atoms with Crippen molar-refractivity contribution in [1.29, 1.82) is 0 Å². The van der Waals surface area contributed by atoms with Gasteiger partial charge in [-0.25, -0.2) is 4.98 Å². The van der Waals surface area contributed by atoms with Crippen molar-refractivity contribution in [2.75, 3.05) is 30.0 Å². The Bertz CT molecular complexity index is 1170. The van der Waals surface area contributed by atoms with Gasteiger partial charge in [0.25, 0.3) is 5.91 Å². The van der Waals surface area contributed by atoms with Crippen LogP contribution in [0.25, 0.3) is 0 Å². The molecule has 4 rings (SSSR count). The van der Waals surface area contributed by atoms with Crippen molar-refractivity contribution in [3.63, 3.8) is 0 Å². The molecule has 0 bridgehead atoms. The molecule has 0 aliphatic carbocycles. The van der Waals surface area contributed by atoms with E-state index >= 15 is 0 Å². The fourth-order valence-electron chi connectivity index (χ4n) is 3.56. The van der Waals surface area contributed by atoms with Crippen LogP contribution in [-0.2, 0) is 13.0 Å². The lowest BCUT2D eigenvalue weighted by Gasteiger charge is -2.28. The summed E-state index contributed by atoms with van der Waals surface area (Å²) in [5, 5.41) is 7.28. The van der Waals surface area contributed by atoms with Gasteiger partial charge < -0.3 is 26.0 Å². The Hall–Kier alpha value is -3.17. The number of ether oxygens (including phenoxy) is 1. The molecular formula is C24H27N5O2S2. The minimum atomic E-state index is -0.243. The number of nitrogens with zero attached hydrogens (tertiary/aromatic N) is 2. The highest BCUT2D eigenvalue weighted by Crippen LogP contribution is 2.29. The summed E-state index contributed by atoms with van der Waals surface area (Å²) in [5.41, 5.74) is 10.2. The number of nitrogens with two attached hydrogens (primary N) is 1. The Morgan fingerprint density at radius 2 is 1.97 bits per heavy atom. The highest BCUT2D eigenvalue weighted by Gasteiger charge is 2.25. The molecule has 7 nitrogen and oxygen atoms in total. The first-order chi connectivity index (χ1) is 15.8. The highest BCUT2D eigenvalue weighted by atomic mass is 32.1. The van der Waals surface area contributed by atoms with Gasteiger partial charge in [-0.3, -0.25) is 4.79 Å². The van der Waals surface area contributed by atoms with E-state index < -0.39 is 0 Å². The van der Waals surface area contributed by atoms with E-state index in [0.29, 0.717) is 34.0 Å². The number of amides is 1. The van der Waals surface area contributed by atoms with Crippen molar-refractivity contribution in [1.82, 2.24) is 9.88 Å². The average molecular weight is 482 g/mol. The van der Waals surface area contributed by atoms with Gasteiger partial charge in [0.1, 0.15) is 5.75 Å². The Kier molecular flexibility index (Phi) is 6.80. The van der Waals surface area contributed by atoms with Crippen LogP contribution in [0.4, 0.5) is 17.1 Å². The molecule has 33 heavy (non-hydrogen) atoms. The largest absolute Gasteiger partial charge is 0.497 e. The van der Waals surface area contributed by atoms with E-state index in [0.717, 1.165) is 40.5 Å². The van der Waals surface area contributed by atoms with Crippen LogP contribution in [-0.4, -0.2) is 34.6 Å². The number of anilines is 3. The maximum atomic E-state index is 12.9. The second kappa shape index (κ2) is 9.76. The number of nitrogens with one attached hydrogen (secondary N) is 2. The average Bonchev–Trinajstić information content (AvgIpc) is 3.24. The summed E-state index contributed by atoms with van der Waals surface area (Å²) in [6.07, 6.45) is 0.731. The van der Waals surface area contributed by atoms with Crippen molar-refractivity contribution >= 4 is 51.6 Å². The number of thiazole rings is 1. The third-order valence-electron chi connectivity index (χ3n) is 5.55. The van der Waals surface area contributed by atoms with Crippen LogP contribution >= 0.6 is 23.6 Å². The number of fused-ring (bicyclic) bond motifs is 1. The summed E-state index contributed by atoms with van der Waals surface area (Å²) in [4.78, 5) is 20.6. The lowest BCUT2D eigenvalue weighted by Crippen LogP contribution is -2.38. The molecule has 1 amide bonds. The normalized spacial score (nSPS) is 12.9. The standard InChI is InChI=1S/C24H27N5O2S2/c1-14(2)15-4-9-18(25)20(12-15)27-22(30)23-28-19-10-11-29(13-21(19)33-23)24(32)26-16-5-7-17(31-3)8-6-16/h4-9,12,14H,10-11,13,25H2,1-3H3,(H,26,32)(H,27,30). The molecule has 9 heteroatoms. The number of hydrogen-bond acceptors (Lipinski definition) is 6. The van der Waals surface area contributed by atoms with Gasteiger partial charge in [-0.15, -0.1) is 11.3 Å². The van der Waals surface area contributed by atoms with Gasteiger partial charge in [0.2, 0.25) is 0 Å². The van der Waals surface area contributed by atoms with E-state index in [-0.39, 0.29) is 5.91 Å². The first kappa shape index (κ1) is 23.0. The fraction of sp³-hybridized carbons (Fsp3) is 0.292. The quantitative estimate of drug-likeness (QED) is 0.354. The predicted molar refractivity (Wildman–Crippen MR) is 138 cm³/mol. The Morgan fingerprint density at radius 1 is 1.21 bits per heavy atom. The minimum absolute atomic E-state index is 0.243. The lowest BCUT2D eigenvalue weighted by atomic mass is 10.0. The molecule has 1 aliphatic heterocycles. The summed E-state index contributed by atoms with van der Waals surface area (Å²) in [7, 11) is 1.64. The van der Waals surface area contributed by atoms with Gasteiger partial charge in [0, 0.05) is 23.5 Å². The Morgan fingerprint density at radius 3 is 2.67 bits per heavy atom. The van der Waals surface area contributed by atoms with Crippen LogP contribution in [0.3, 0.4) is 0 Å². The second-order valence-electron chi connectivity index (χ2n) is 8.17. The van der Waals surface area contributed by atoms with Crippen LogP contribution in [0.1, 0.15) is 45.7 Å². The van der Waals surface area contributed by atoms with E-state index in [2.05, 4.69) is 34.4 Å². The number of carbonyl (C=O) groups excluding carboxylic acids is 1. The first-order valence-electron chi connectivity index (χ1n) is 10.7. The monoisotopic (exact) mass is 481 g/mol. The topological polar surface area (TPSA) is 92.5 Å². The molecule has 0 unspecified atom stereocenters. The summed E-state index contributed by atoms with van der Waals surface area (Å²) in [6.45, 7) is 5.56. The fourth-order valence-corrected chi connectivity index (χ4v) is 4.85. The minimum Gasteiger partial charge on any atom is -0.497 e. The van der Waals surface area contributed by atoms with Crippen LogP contribution in [0, 0.1) is 0 Å². The third kappa shape index (κ3) is 5.26. The Labute approximate surface area is 203 Å². The summed E-state index contributed by atoms with van der Waals surface area (Å²) < 4.78 is 5.20. The number of methoxy groups -OCH3 is 1. The summed E-state index contributed by atoms with van der Waals surface area (Å²) >= 11 is 7.02. The smallest absolute Gasteiger partial charge is 0.284 e. The van der Waals surface area contributed by atoms with Crippen LogP contribution in [0.2, 0.25) is 0 Å². The first-order valence-corrected chi connectivity index (χ1v) is 12.0. The molecule has 0 saturated carbocycles. The second-order valence-corrected chi connectivity index (χ2v) is 9.64. The number of carbonyl (C=O) groups is 1. The molecule has 2 aromatic carbocycles. The molecule has 0 atom stereocenters. The van der Waals surface area contributed by atoms with Gasteiger partial charge in [-0.2, -0.15) is 0 Å². The molecule has 0 radical (unpaired) electrons. The third-order valence-corrected chi connectivity index (χ3v) is 6.99. The van der Waals surface area contributed by atoms with Gasteiger partial charge in [0.05, 0.1) is 30.7 Å². The molecule has 0 saturated heterocycles. The van der Waals surface area contributed by atoms with Crippen LogP contribution in [0.5, 0.6) is 5.75 Å². The SMILES string of the molecule is COc1ccc(NC(=S)N2CCc3nc(C(=O)Nc4cc(C(C)C)ccc4N)sc3C2)cc1. The molecule has 172 valence electrons.